The second-order valence-corrected chi connectivity index (χ2v) is 5.25. The number of unbranched alkanes of at least 4 members (excludes halogenated alkanes) is 1. The third-order valence-electron chi connectivity index (χ3n) is 2.43. The zero-order chi connectivity index (χ0) is 8.81. The van der Waals surface area contributed by atoms with Crippen LogP contribution < -0.4 is 0 Å². The molecule has 3 heteroatoms. The van der Waals surface area contributed by atoms with Gasteiger partial charge in [0.05, 0.1) is 6.61 Å². The van der Waals surface area contributed by atoms with Crippen LogP contribution in [0.1, 0.15) is 45.4 Å². The average Bonchev–Trinajstić information content (AvgIpc) is 2.56. The molecule has 0 saturated heterocycles. The Morgan fingerprint density at radius 2 is 2.08 bits per heavy atom. The van der Waals surface area contributed by atoms with Gasteiger partial charge in [0.1, 0.15) is 0 Å². The van der Waals surface area contributed by atoms with E-state index in [1.807, 2.05) is 0 Å². The summed E-state index contributed by atoms with van der Waals surface area (Å²) >= 11 is 0. The second kappa shape index (κ2) is 5.77. The molecule has 0 aromatic carbocycles. The topological polar surface area (TPSA) is 26.3 Å². The zero-order valence-electron chi connectivity index (χ0n) is 7.84. The van der Waals surface area contributed by atoms with Gasteiger partial charge in [-0.2, -0.15) is 0 Å². The van der Waals surface area contributed by atoms with E-state index in [9.17, 15) is 4.57 Å². The van der Waals surface area contributed by atoms with Crippen LogP contribution in [0.15, 0.2) is 0 Å². The molecule has 0 aliphatic heterocycles. The van der Waals surface area contributed by atoms with Crippen LogP contribution in [0.2, 0.25) is 0 Å². The zero-order valence-corrected chi connectivity index (χ0v) is 8.84. The molecule has 1 aliphatic rings. The van der Waals surface area contributed by atoms with Crippen LogP contribution in [-0.2, 0) is 9.09 Å². The third kappa shape index (κ3) is 3.28. The highest BCUT2D eigenvalue weighted by Gasteiger charge is 2.21. The minimum atomic E-state index is -1.69. The fourth-order valence-electron chi connectivity index (χ4n) is 1.60. The molecule has 0 spiro atoms. The van der Waals surface area contributed by atoms with E-state index in [-0.39, 0.29) is 0 Å². The molecular formula is C9H19O2P. The normalized spacial score (nSPS) is 21.4. The van der Waals surface area contributed by atoms with Crippen molar-refractivity contribution in [2.75, 3.05) is 6.61 Å². The van der Waals surface area contributed by atoms with E-state index in [0.717, 1.165) is 25.7 Å². The molecule has 1 fully saturated rings. The highest BCUT2D eigenvalue weighted by atomic mass is 31.1. The largest absolute Gasteiger partial charge is 0.330 e. The Bertz CT molecular complexity index is 141. The van der Waals surface area contributed by atoms with Crippen molar-refractivity contribution in [1.29, 1.82) is 0 Å². The molecule has 0 aromatic rings. The SMILES string of the molecule is CCCCO[PH](=O)C1CCCC1. The van der Waals surface area contributed by atoms with Crippen molar-refractivity contribution < 1.29 is 9.09 Å². The summed E-state index contributed by atoms with van der Waals surface area (Å²) in [6, 6.07) is 0. The Kier molecular flexibility index (Phi) is 4.94. The minimum Gasteiger partial charge on any atom is -0.330 e. The molecule has 1 unspecified atom stereocenters. The van der Waals surface area contributed by atoms with Crippen molar-refractivity contribution in [3.05, 3.63) is 0 Å². The molecule has 0 radical (unpaired) electrons. The predicted octanol–water partition coefficient (Wildman–Crippen LogP) is 3.22. The van der Waals surface area contributed by atoms with Crippen LogP contribution in [0, 0.1) is 0 Å². The first-order chi connectivity index (χ1) is 5.84. The van der Waals surface area contributed by atoms with Crippen LogP contribution >= 0.6 is 8.03 Å². The Hall–Kier alpha value is 0.190. The maximum Gasteiger partial charge on any atom is 0.194 e. The monoisotopic (exact) mass is 190 g/mol. The third-order valence-corrected chi connectivity index (χ3v) is 4.16. The maximum absolute atomic E-state index is 11.5. The standard InChI is InChI=1S/C9H19O2P/c1-2-3-8-11-12(10)9-6-4-5-7-9/h9,12H,2-8H2,1H3. The van der Waals surface area contributed by atoms with Crippen LogP contribution in [0.5, 0.6) is 0 Å². The van der Waals surface area contributed by atoms with E-state index >= 15 is 0 Å². The quantitative estimate of drug-likeness (QED) is 0.491. The van der Waals surface area contributed by atoms with Gasteiger partial charge in [-0.3, -0.25) is 4.57 Å². The van der Waals surface area contributed by atoms with Crippen LogP contribution in [0.3, 0.4) is 0 Å². The Balaban J connectivity index is 2.10. The molecule has 12 heavy (non-hydrogen) atoms. The molecule has 0 amide bonds. The van der Waals surface area contributed by atoms with E-state index in [2.05, 4.69) is 6.92 Å². The molecular weight excluding hydrogens is 171 g/mol. The molecule has 0 heterocycles. The van der Waals surface area contributed by atoms with Crippen LogP contribution in [0.25, 0.3) is 0 Å². The number of rotatable bonds is 5. The van der Waals surface area contributed by atoms with Gasteiger partial charge < -0.3 is 4.52 Å². The lowest BCUT2D eigenvalue weighted by Crippen LogP contribution is -1.97. The first kappa shape index (κ1) is 10.3. The summed E-state index contributed by atoms with van der Waals surface area (Å²) in [6.07, 6.45) is 6.92. The second-order valence-electron chi connectivity index (χ2n) is 3.50. The van der Waals surface area contributed by atoms with Crippen molar-refractivity contribution in [2.24, 2.45) is 0 Å². The van der Waals surface area contributed by atoms with Gasteiger partial charge in [0, 0.05) is 5.66 Å². The molecule has 1 atom stereocenters. The van der Waals surface area contributed by atoms with E-state index in [0.29, 0.717) is 12.3 Å². The first-order valence-corrected chi connectivity index (χ1v) is 6.40. The smallest absolute Gasteiger partial charge is 0.194 e. The fraction of sp³-hybridized carbons (Fsp3) is 1.00. The molecule has 0 N–H and O–H groups in total. The Morgan fingerprint density at radius 3 is 2.67 bits per heavy atom. The number of hydrogen-bond acceptors (Lipinski definition) is 2. The lowest BCUT2D eigenvalue weighted by Gasteiger charge is -2.08. The Morgan fingerprint density at radius 1 is 1.42 bits per heavy atom. The summed E-state index contributed by atoms with van der Waals surface area (Å²) < 4.78 is 16.8. The van der Waals surface area contributed by atoms with Gasteiger partial charge in [0.15, 0.2) is 8.03 Å². The van der Waals surface area contributed by atoms with E-state index < -0.39 is 8.03 Å². The highest BCUT2D eigenvalue weighted by molar-refractivity contribution is 7.40. The molecule has 1 saturated carbocycles. The van der Waals surface area contributed by atoms with Gasteiger partial charge in [-0.25, -0.2) is 0 Å². The fourth-order valence-corrected chi connectivity index (χ4v) is 3.06. The van der Waals surface area contributed by atoms with Gasteiger partial charge >= 0.3 is 0 Å². The van der Waals surface area contributed by atoms with Crippen LogP contribution in [0.4, 0.5) is 0 Å². The molecule has 0 bridgehead atoms. The molecule has 72 valence electrons. The average molecular weight is 190 g/mol. The molecule has 1 aliphatic carbocycles. The summed E-state index contributed by atoms with van der Waals surface area (Å²) in [4.78, 5) is 0. The van der Waals surface area contributed by atoms with Crippen molar-refractivity contribution in [3.63, 3.8) is 0 Å². The van der Waals surface area contributed by atoms with Crippen LogP contribution in [-0.4, -0.2) is 12.3 Å². The predicted molar refractivity (Wildman–Crippen MR) is 52.1 cm³/mol. The lowest BCUT2D eigenvalue weighted by atomic mass is 10.4. The first-order valence-electron chi connectivity index (χ1n) is 5.01. The maximum atomic E-state index is 11.5. The van der Waals surface area contributed by atoms with Gasteiger partial charge in [0.25, 0.3) is 0 Å². The summed E-state index contributed by atoms with van der Waals surface area (Å²) in [5, 5.41) is 0. The molecule has 2 nitrogen and oxygen atoms in total. The van der Waals surface area contributed by atoms with Crippen molar-refractivity contribution in [3.8, 4) is 0 Å². The summed E-state index contributed by atoms with van der Waals surface area (Å²) in [6.45, 7) is 2.82. The number of hydrogen-bond donors (Lipinski definition) is 0. The molecule has 0 aromatic heterocycles. The van der Waals surface area contributed by atoms with E-state index in [1.165, 1.54) is 12.8 Å². The lowest BCUT2D eigenvalue weighted by molar-refractivity contribution is 0.315. The van der Waals surface area contributed by atoms with E-state index in [4.69, 9.17) is 4.52 Å². The minimum absolute atomic E-state index is 0.409. The van der Waals surface area contributed by atoms with Crippen molar-refractivity contribution >= 4 is 8.03 Å². The van der Waals surface area contributed by atoms with E-state index in [1.54, 1.807) is 0 Å². The van der Waals surface area contributed by atoms with Gasteiger partial charge in [0.2, 0.25) is 0 Å². The highest BCUT2D eigenvalue weighted by Crippen LogP contribution is 2.40. The summed E-state index contributed by atoms with van der Waals surface area (Å²) in [5.41, 5.74) is 0.409. The van der Waals surface area contributed by atoms with Gasteiger partial charge in [-0.1, -0.05) is 26.2 Å². The van der Waals surface area contributed by atoms with Crippen molar-refractivity contribution in [2.45, 2.75) is 51.1 Å². The molecule has 1 rings (SSSR count). The van der Waals surface area contributed by atoms with Gasteiger partial charge in [-0.05, 0) is 19.3 Å². The van der Waals surface area contributed by atoms with Gasteiger partial charge in [-0.15, -0.1) is 0 Å². The van der Waals surface area contributed by atoms with Crippen molar-refractivity contribution in [1.82, 2.24) is 0 Å². The summed E-state index contributed by atoms with van der Waals surface area (Å²) in [7, 11) is -1.69. The Labute approximate surface area is 75.6 Å². The summed E-state index contributed by atoms with van der Waals surface area (Å²) in [5.74, 6) is 0.